The zero-order valence-corrected chi connectivity index (χ0v) is 13.7. The molecule has 0 aliphatic rings. The van der Waals surface area contributed by atoms with E-state index in [2.05, 4.69) is 36.1 Å². The molecule has 0 radical (unpaired) electrons. The van der Waals surface area contributed by atoms with Crippen molar-refractivity contribution in [2.24, 2.45) is 0 Å². The van der Waals surface area contributed by atoms with Crippen molar-refractivity contribution >= 4 is 16.9 Å². The van der Waals surface area contributed by atoms with E-state index in [4.69, 9.17) is 0 Å². The van der Waals surface area contributed by atoms with Gasteiger partial charge in [-0.1, -0.05) is 45.0 Å². The fraction of sp³-hybridized carbons (Fsp3) is 0.263. The highest BCUT2D eigenvalue weighted by Crippen LogP contribution is 2.22. The number of carbonyl (C=O) groups is 1. The van der Waals surface area contributed by atoms with Gasteiger partial charge in [0.25, 0.3) is 5.91 Å². The molecule has 0 saturated carbocycles. The molecule has 0 aliphatic carbocycles. The Kier molecular flexibility index (Phi) is 3.90. The van der Waals surface area contributed by atoms with Crippen LogP contribution in [0.4, 0.5) is 0 Å². The SMILES string of the molecule is CC(C)(C)c1ccc(C(=O)NCc2nc3ccccc3[nH]2)cc1. The van der Waals surface area contributed by atoms with Crippen molar-refractivity contribution in [2.45, 2.75) is 32.7 Å². The number of amides is 1. The van der Waals surface area contributed by atoms with Crippen molar-refractivity contribution in [3.05, 3.63) is 65.5 Å². The van der Waals surface area contributed by atoms with E-state index in [1.165, 1.54) is 5.56 Å². The van der Waals surface area contributed by atoms with Crippen molar-refractivity contribution in [3.63, 3.8) is 0 Å². The van der Waals surface area contributed by atoms with Gasteiger partial charge >= 0.3 is 0 Å². The first-order valence-electron chi connectivity index (χ1n) is 7.76. The average molecular weight is 307 g/mol. The maximum Gasteiger partial charge on any atom is 0.251 e. The highest BCUT2D eigenvalue weighted by molar-refractivity contribution is 5.94. The van der Waals surface area contributed by atoms with Gasteiger partial charge in [-0.15, -0.1) is 0 Å². The third kappa shape index (κ3) is 3.42. The van der Waals surface area contributed by atoms with E-state index in [1.54, 1.807) is 0 Å². The average Bonchev–Trinajstić information content (AvgIpc) is 2.95. The first kappa shape index (κ1) is 15.3. The van der Waals surface area contributed by atoms with Gasteiger partial charge in [-0.25, -0.2) is 4.98 Å². The first-order valence-corrected chi connectivity index (χ1v) is 7.76. The number of nitrogens with zero attached hydrogens (tertiary/aromatic N) is 1. The zero-order valence-electron chi connectivity index (χ0n) is 13.7. The molecule has 4 heteroatoms. The summed E-state index contributed by atoms with van der Waals surface area (Å²) in [4.78, 5) is 19.9. The molecule has 1 heterocycles. The van der Waals surface area contributed by atoms with Gasteiger partial charge in [0.1, 0.15) is 5.82 Å². The van der Waals surface area contributed by atoms with Crippen LogP contribution in [0.2, 0.25) is 0 Å². The summed E-state index contributed by atoms with van der Waals surface area (Å²) >= 11 is 0. The Hall–Kier alpha value is -2.62. The molecule has 0 atom stereocenters. The van der Waals surface area contributed by atoms with E-state index in [0.717, 1.165) is 16.9 Å². The summed E-state index contributed by atoms with van der Waals surface area (Å²) in [6.07, 6.45) is 0. The molecule has 2 aromatic carbocycles. The molecule has 1 aromatic heterocycles. The van der Waals surface area contributed by atoms with Gasteiger partial charge in [0.15, 0.2) is 0 Å². The third-order valence-electron chi connectivity index (χ3n) is 3.87. The summed E-state index contributed by atoms with van der Waals surface area (Å²) in [5.74, 6) is 0.664. The van der Waals surface area contributed by atoms with E-state index in [1.807, 2.05) is 48.5 Å². The largest absolute Gasteiger partial charge is 0.345 e. The normalized spacial score (nSPS) is 11.6. The summed E-state index contributed by atoms with van der Waals surface area (Å²) in [7, 11) is 0. The molecule has 118 valence electrons. The number of aromatic nitrogens is 2. The summed E-state index contributed by atoms with van der Waals surface area (Å²) in [5.41, 5.74) is 3.85. The molecule has 3 rings (SSSR count). The van der Waals surface area contributed by atoms with Crippen LogP contribution in [0.1, 0.15) is 42.5 Å². The second kappa shape index (κ2) is 5.88. The van der Waals surface area contributed by atoms with Gasteiger partial charge in [-0.3, -0.25) is 4.79 Å². The number of H-pyrrole nitrogens is 1. The van der Waals surface area contributed by atoms with Crippen LogP contribution in [0, 0.1) is 0 Å². The Morgan fingerprint density at radius 1 is 1.09 bits per heavy atom. The number of aromatic amines is 1. The Morgan fingerprint density at radius 3 is 2.43 bits per heavy atom. The van der Waals surface area contributed by atoms with Crippen LogP contribution in [-0.4, -0.2) is 15.9 Å². The van der Waals surface area contributed by atoms with Crippen molar-refractivity contribution in [1.29, 1.82) is 0 Å². The van der Waals surface area contributed by atoms with Crippen molar-refractivity contribution < 1.29 is 4.79 Å². The van der Waals surface area contributed by atoms with E-state index >= 15 is 0 Å². The lowest BCUT2D eigenvalue weighted by atomic mass is 9.87. The molecule has 0 fully saturated rings. The number of nitrogens with one attached hydrogen (secondary N) is 2. The Labute approximate surface area is 136 Å². The highest BCUT2D eigenvalue weighted by atomic mass is 16.1. The zero-order chi connectivity index (χ0) is 16.4. The molecule has 4 nitrogen and oxygen atoms in total. The molecule has 1 amide bonds. The fourth-order valence-corrected chi connectivity index (χ4v) is 2.48. The molecule has 0 aliphatic heterocycles. The minimum absolute atomic E-state index is 0.0866. The lowest BCUT2D eigenvalue weighted by Crippen LogP contribution is -2.23. The van der Waals surface area contributed by atoms with Crippen molar-refractivity contribution in [3.8, 4) is 0 Å². The predicted molar refractivity (Wildman–Crippen MR) is 92.4 cm³/mol. The summed E-state index contributed by atoms with van der Waals surface area (Å²) in [5, 5.41) is 2.90. The predicted octanol–water partition coefficient (Wildman–Crippen LogP) is 3.79. The quantitative estimate of drug-likeness (QED) is 0.773. The van der Waals surface area contributed by atoms with E-state index in [9.17, 15) is 4.79 Å². The number of rotatable bonds is 3. The lowest BCUT2D eigenvalue weighted by molar-refractivity contribution is 0.0950. The van der Waals surface area contributed by atoms with Crippen LogP contribution in [-0.2, 0) is 12.0 Å². The van der Waals surface area contributed by atoms with E-state index in [0.29, 0.717) is 12.1 Å². The molecular formula is C19H21N3O. The second-order valence-corrected chi connectivity index (χ2v) is 6.71. The molecule has 2 N–H and O–H groups in total. The summed E-state index contributed by atoms with van der Waals surface area (Å²) in [6, 6.07) is 15.6. The van der Waals surface area contributed by atoms with Gasteiger partial charge in [-0.05, 0) is 35.2 Å². The van der Waals surface area contributed by atoms with Crippen LogP contribution in [0.25, 0.3) is 11.0 Å². The number of para-hydroxylation sites is 2. The molecule has 0 saturated heterocycles. The van der Waals surface area contributed by atoms with Gasteiger partial charge < -0.3 is 10.3 Å². The monoisotopic (exact) mass is 307 g/mol. The smallest absolute Gasteiger partial charge is 0.251 e. The summed E-state index contributed by atoms with van der Waals surface area (Å²) in [6.45, 7) is 6.85. The minimum atomic E-state index is -0.0917. The van der Waals surface area contributed by atoms with Crippen LogP contribution in [0.15, 0.2) is 48.5 Å². The summed E-state index contributed by atoms with van der Waals surface area (Å²) < 4.78 is 0. The Morgan fingerprint density at radius 2 is 1.78 bits per heavy atom. The molecule has 0 spiro atoms. The Bertz CT molecular complexity index is 793. The van der Waals surface area contributed by atoms with Crippen molar-refractivity contribution in [2.75, 3.05) is 0 Å². The van der Waals surface area contributed by atoms with Crippen LogP contribution < -0.4 is 5.32 Å². The molecular weight excluding hydrogens is 286 g/mol. The number of hydrogen-bond donors (Lipinski definition) is 2. The van der Waals surface area contributed by atoms with Crippen LogP contribution in [0.3, 0.4) is 0 Å². The molecule has 3 aromatic rings. The van der Waals surface area contributed by atoms with Gasteiger partial charge in [0.2, 0.25) is 0 Å². The second-order valence-electron chi connectivity index (χ2n) is 6.71. The standard InChI is InChI=1S/C19H21N3O/c1-19(2,3)14-10-8-13(9-11-14)18(23)20-12-17-21-15-6-4-5-7-16(15)22-17/h4-11H,12H2,1-3H3,(H,20,23)(H,21,22). The molecule has 0 unspecified atom stereocenters. The van der Waals surface area contributed by atoms with Gasteiger partial charge in [0, 0.05) is 5.56 Å². The number of carbonyl (C=O) groups excluding carboxylic acids is 1. The lowest BCUT2D eigenvalue weighted by Gasteiger charge is -2.19. The maximum absolute atomic E-state index is 12.2. The van der Waals surface area contributed by atoms with E-state index < -0.39 is 0 Å². The maximum atomic E-state index is 12.2. The van der Waals surface area contributed by atoms with Gasteiger partial charge in [-0.2, -0.15) is 0 Å². The van der Waals surface area contributed by atoms with Crippen LogP contribution in [0.5, 0.6) is 0 Å². The van der Waals surface area contributed by atoms with Crippen molar-refractivity contribution in [1.82, 2.24) is 15.3 Å². The highest BCUT2D eigenvalue weighted by Gasteiger charge is 2.14. The minimum Gasteiger partial charge on any atom is -0.345 e. The topological polar surface area (TPSA) is 57.8 Å². The number of benzene rings is 2. The first-order chi connectivity index (χ1) is 10.9. The molecule has 0 bridgehead atoms. The number of imidazole rings is 1. The third-order valence-corrected chi connectivity index (χ3v) is 3.87. The van der Waals surface area contributed by atoms with Gasteiger partial charge in [0.05, 0.1) is 17.6 Å². The number of hydrogen-bond acceptors (Lipinski definition) is 2. The molecule has 23 heavy (non-hydrogen) atoms. The number of fused-ring (bicyclic) bond motifs is 1. The van der Waals surface area contributed by atoms with Crippen LogP contribution >= 0.6 is 0 Å². The van der Waals surface area contributed by atoms with E-state index in [-0.39, 0.29) is 11.3 Å². The fourth-order valence-electron chi connectivity index (χ4n) is 2.48. The Balaban J connectivity index is 1.67.